The lowest BCUT2D eigenvalue weighted by atomic mass is 10.2. The molecule has 3 aromatic rings. The summed E-state index contributed by atoms with van der Waals surface area (Å²) in [4.78, 5) is 26.5. The van der Waals surface area contributed by atoms with E-state index in [1.807, 2.05) is 6.07 Å². The minimum Gasteiger partial charge on any atom is -0.454 e. The summed E-state index contributed by atoms with van der Waals surface area (Å²) in [6.07, 6.45) is 0. The Labute approximate surface area is 175 Å². The van der Waals surface area contributed by atoms with Crippen molar-refractivity contribution in [3.8, 4) is 23.0 Å². The van der Waals surface area contributed by atoms with Crippen molar-refractivity contribution >= 4 is 35.0 Å². The van der Waals surface area contributed by atoms with Crippen LogP contribution < -0.4 is 19.7 Å². The highest BCUT2D eigenvalue weighted by atomic mass is 32.2. The third kappa shape index (κ3) is 3.35. The van der Waals surface area contributed by atoms with Gasteiger partial charge in [0.15, 0.2) is 11.5 Å². The van der Waals surface area contributed by atoms with Crippen LogP contribution in [0, 0.1) is 0 Å². The Morgan fingerprint density at radius 2 is 2.00 bits per heavy atom. The van der Waals surface area contributed by atoms with Crippen LogP contribution in [-0.2, 0) is 9.59 Å². The quantitative estimate of drug-likeness (QED) is 0.637. The lowest BCUT2D eigenvalue weighted by Crippen LogP contribution is -2.45. The van der Waals surface area contributed by atoms with Crippen molar-refractivity contribution in [3.63, 3.8) is 0 Å². The molecular weight excluding hydrogens is 408 g/mol. The van der Waals surface area contributed by atoms with E-state index in [2.05, 4.69) is 15.5 Å². The van der Waals surface area contributed by atoms with E-state index in [-0.39, 0.29) is 30.4 Å². The zero-order valence-electron chi connectivity index (χ0n) is 15.8. The standard InChI is InChI=1S/C20H16N4O5S/c1-11(19(26)24-9-17(25)21-13-4-2-3-5-14(13)24)30-20-23-22-18(29-20)12-6-7-15-16(8-12)28-10-27-15/h2-8,11H,9-10H2,1H3,(H,21,25). The minimum absolute atomic E-state index is 0.0347. The van der Waals surface area contributed by atoms with E-state index in [1.54, 1.807) is 43.3 Å². The third-order valence-electron chi connectivity index (χ3n) is 4.69. The molecule has 1 unspecified atom stereocenters. The van der Waals surface area contributed by atoms with Crippen molar-refractivity contribution in [2.45, 2.75) is 17.4 Å². The zero-order chi connectivity index (χ0) is 20.7. The highest BCUT2D eigenvalue weighted by Gasteiger charge is 2.31. The maximum absolute atomic E-state index is 13.0. The molecule has 2 amide bonds. The van der Waals surface area contributed by atoms with Crippen molar-refractivity contribution in [2.75, 3.05) is 23.6 Å². The van der Waals surface area contributed by atoms with E-state index in [0.717, 1.165) is 11.8 Å². The first kappa shape index (κ1) is 18.5. The fourth-order valence-electron chi connectivity index (χ4n) is 3.25. The number of carbonyl (C=O) groups is 2. The molecule has 0 spiro atoms. The summed E-state index contributed by atoms with van der Waals surface area (Å²) in [5, 5.41) is 10.6. The number of amides is 2. The Balaban J connectivity index is 1.32. The maximum atomic E-state index is 13.0. The topological polar surface area (TPSA) is 107 Å². The molecule has 2 aliphatic heterocycles. The van der Waals surface area contributed by atoms with Gasteiger partial charge in [0, 0.05) is 5.56 Å². The molecule has 5 rings (SSSR count). The van der Waals surface area contributed by atoms with Crippen molar-refractivity contribution < 1.29 is 23.5 Å². The van der Waals surface area contributed by atoms with Crippen LogP contribution in [0.5, 0.6) is 11.5 Å². The molecule has 0 fully saturated rings. The number of nitrogens with one attached hydrogen (secondary N) is 1. The Hall–Kier alpha value is -3.53. The lowest BCUT2D eigenvalue weighted by molar-refractivity contribution is -0.121. The highest BCUT2D eigenvalue weighted by Crippen LogP contribution is 2.37. The van der Waals surface area contributed by atoms with Crippen LogP contribution in [-0.4, -0.2) is 40.6 Å². The van der Waals surface area contributed by atoms with Gasteiger partial charge in [-0.2, -0.15) is 0 Å². The molecule has 3 heterocycles. The van der Waals surface area contributed by atoms with Crippen molar-refractivity contribution in [3.05, 3.63) is 42.5 Å². The number of hydrogen-bond donors (Lipinski definition) is 1. The smallest absolute Gasteiger partial charge is 0.277 e. The minimum atomic E-state index is -0.533. The van der Waals surface area contributed by atoms with Crippen molar-refractivity contribution in [2.24, 2.45) is 0 Å². The van der Waals surface area contributed by atoms with Crippen LogP contribution in [0.1, 0.15) is 6.92 Å². The summed E-state index contributed by atoms with van der Waals surface area (Å²) in [5.41, 5.74) is 1.97. The molecule has 0 saturated heterocycles. The van der Waals surface area contributed by atoms with Crippen LogP contribution >= 0.6 is 11.8 Å². The Kier molecular flexibility index (Phi) is 4.55. The summed E-state index contributed by atoms with van der Waals surface area (Å²) in [5.74, 6) is 1.15. The number of anilines is 2. The van der Waals surface area contributed by atoms with Crippen LogP contribution in [0.15, 0.2) is 52.1 Å². The molecule has 0 bridgehead atoms. The van der Waals surface area contributed by atoms with Gasteiger partial charge in [0.2, 0.25) is 24.5 Å². The number of thioether (sulfide) groups is 1. The van der Waals surface area contributed by atoms with Crippen LogP contribution in [0.3, 0.4) is 0 Å². The van der Waals surface area contributed by atoms with E-state index in [1.165, 1.54) is 4.90 Å². The van der Waals surface area contributed by atoms with Gasteiger partial charge in [-0.05, 0) is 37.3 Å². The average Bonchev–Trinajstić information content (AvgIpc) is 3.41. The summed E-state index contributed by atoms with van der Waals surface area (Å²) in [6, 6.07) is 12.5. The molecule has 152 valence electrons. The normalized spacial score (nSPS) is 15.5. The molecule has 2 aliphatic rings. The van der Waals surface area contributed by atoms with Gasteiger partial charge in [-0.1, -0.05) is 23.9 Å². The van der Waals surface area contributed by atoms with Crippen LogP contribution in [0.2, 0.25) is 0 Å². The maximum Gasteiger partial charge on any atom is 0.277 e. The summed E-state index contributed by atoms with van der Waals surface area (Å²) >= 11 is 1.14. The molecule has 1 atom stereocenters. The number of carbonyl (C=O) groups excluding carboxylic acids is 2. The van der Waals surface area contributed by atoms with Crippen LogP contribution in [0.4, 0.5) is 11.4 Å². The Morgan fingerprint density at radius 1 is 1.17 bits per heavy atom. The second-order valence-electron chi connectivity index (χ2n) is 6.69. The average molecular weight is 424 g/mol. The molecule has 0 saturated carbocycles. The molecule has 0 aliphatic carbocycles. The molecule has 30 heavy (non-hydrogen) atoms. The number of aromatic nitrogens is 2. The fourth-order valence-corrected chi connectivity index (χ4v) is 4.00. The van der Waals surface area contributed by atoms with Gasteiger partial charge < -0.3 is 19.2 Å². The number of para-hydroxylation sites is 2. The number of rotatable bonds is 4. The molecule has 1 aromatic heterocycles. The number of benzene rings is 2. The van der Waals surface area contributed by atoms with E-state index >= 15 is 0 Å². The summed E-state index contributed by atoms with van der Waals surface area (Å²) < 4.78 is 16.4. The SMILES string of the molecule is CC(Sc1nnc(-c2ccc3c(c2)OCO3)o1)C(=O)N1CC(=O)Nc2ccccc21. The Morgan fingerprint density at radius 3 is 2.90 bits per heavy atom. The third-order valence-corrected chi connectivity index (χ3v) is 5.61. The lowest BCUT2D eigenvalue weighted by Gasteiger charge is -2.30. The molecule has 2 aromatic carbocycles. The predicted molar refractivity (Wildman–Crippen MR) is 109 cm³/mol. The first-order valence-electron chi connectivity index (χ1n) is 9.19. The largest absolute Gasteiger partial charge is 0.454 e. The van der Waals surface area contributed by atoms with Crippen molar-refractivity contribution in [1.29, 1.82) is 0 Å². The summed E-state index contributed by atoms with van der Waals surface area (Å²) in [6.45, 7) is 1.89. The number of fused-ring (bicyclic) bond motifs is 2. The van der Waals surface area contributed by atoms with E-state index in [9.17, 15) is 9.59 Å². The predicted octanol–water partition coefficient (Wildman–Crippen LogP) is 2.93. The number of hydrogen-bond acceptors (Lipinski definition) is 8. The Bertz CT molecular complexity index is 1150. The monoisotopic (exact) mass is 424 g/mol. The van der Waals surface area contributed by atoms with Gasteiger partial charge in [-0.3, -0.25) is 14.5 Å². The van der Waals surface area contributed by atoms with E-state index in [0.29, 0.717) is 34.3 Å². The van der Waals surface area contributed by atoms with Gasteiger partial charge in [0.25, 0.3) is 5.22 Å². The number of ether oxygens (including phenoxy) is 2. The van der Waals surface area contributed by atoms with Gasteiger partial charge in [0.1, 0.15) is 6.54 Å². The van der Waals surface area contributed by atoms with E-state index < -0.39 is 5.25 Å². The van der Waals surface area contributed by atoms with Crippen molar-refractivity contribution in [1.82, 2.24) is 10.2 Å². The fraction of sp³-hybridized carbons (Fsp3) is 0.200. The van der Waals surface area contributed by atoms with Gasteiger partial charge >= 0.3 is 0 Å². The van der Waals surface area contributed by atoms with Gasteiger partial charge in [-0.15, -0.1) is 10.2 Å². The molecule has 10 heteroatoms. The first-order chi connectivity index (χ1) is 14.6. The van der Waals surface area contributed by atoms with Gasteiger partial charge in [-0.25, -0.2) is 0 Å². The van der Waals surface area contributed by atoms with Crippen LogP contribution in [0.25, 0.3) is 11.5 Å². The van der Waals surface area contributed by atoms with E-state index in [4.69, 9.17) is 13.9 Å². The molecule has 1 N–H and O–H groups in total. The second kappa shape index (κ2) is 7.38. The summed E-state index contributed by atoms with van der Waals surface area (Å²) in [7, 11) is 0. The molecular formula is C20H16N4O5S. The van der Waals surface area contributed by atoms with Gasteiger partial charge in [0.05, 0.1) is 16.6 Å². The highest BCUT2D eigenvalue weighted by molar-refractivity contribution is 8.00. The molecule has 9 nitrogen and oxygen atoms in total. The first-order valence-corrected chi connectivity index (χ1v) is 10.1. The zero-order valence-corrected chi connectivity index (χ0v) is 16.6. The molecule has 0 radical (unpaired) electrons. The second-order valence-corrected chi connectivity index (χ2v) is 7.98. The number of nitrogens with zero attached hydrogens (tertiary/aromatic N) is 3.